The van der Waals surface area contributed by atoms with E-state index in [9.17, 15) is 19.2 Å². The number of aromatic nitrogens is 2. The summed E-state index contributed by atoms with van der Waals surface area (Å²) in [7, 11) is 0. The Hall–Kier alpha value is -2.78. The Morgan fingerprint density at radius 2 is 1.88 bits per heavy atom. The van der Waals surface area contributed by atoms with Gasteiger partial charge in [0.1, 0.15) is 11.5 Å². The molecule has 0 saturated heterocycles. The highest BCUT2D eigenvalue weighted by Crippen LogP contribution is 2.17. The van der Waals surface area contributed by atoms with Gasteiger partial charge in [-0.3, -0.25) is 24.5 Å². The van der Waals surface area contributed by atoms with E-state index in [4.69, 9.17) is 11.5 Å². The predicted molar refractivity (Wildman–Crippen MR) is 95.5 cm³/mol. The Morgan fingerprint density at radius 3 is 2.44 bits per heavy atom. The first-order chi connectivity index (χ1) is 11.8. The monoisotopic (exact) mass is 354 g/mol. The molecule has 0 aromatic carbocycles. The molecule has 140 valence electrons. The summed E-state index contributed by atoms with van der Waals surface area (Å²) in [5.41, 5.74) is 9.98. The van der Waals surface area contributed by atoms with Gasteiger partial charge in [0.05, 0.1) is 0 Å². The maximum Gasteiger partial charge on any atom is 0.330 e. The number of nitrogens with two attached hydrogens (primary N) is 2. The fourth-order valence-corrected chi connectivity index (χ4v) is 2.46. The molecule has 1 rings (SSSR count). The molecular weight excluding hydrogens is 328 g/mol. The maximum absolute atomic E-state index is 12.3. The lowest BCUT2D eigenvalue weighted by molar-refractivity contribution is -0.119. The van der Waals surface area contributed by atoms with Gasteiger partial charge in [0.25, 0.3) is 5.56 Å². The van der Waals surface area contributed by atoms with Crippen molar-refractivity contribution in [3.8, 4) is 0 Å². The summed E-state index contributed by atoms with van der Waals surface area (Å²) in [6.45, 7) is 4.91. The van der Waals surface area contributed by atoms with Gasteiger partial charge in [0.15, 0.2) is 0 Å². The number of primary amides is 1. The zero-order valence-electron chi connectivity index (χ0n) is 14.6. The normalized spacial score (nSPS) is 10.5. The van der Waals surface area contributed by atoms with Gasteiger partial charge in [-0.05, 0) is 12.8 Å². The molecule has 0 saturated carbocycles. The molecule has 0 aliphatic carbocycles. The van der Waals surface area contributed by atoms with Crippen LogP contribution in [0.15, 0.2) is 9.59 Å². The van der Waals surface area contributed by atoms with Gasteiger partial charge in [-0.15, -0.1) is 0 Å². The Balaban J connectivity index is 3.13. The first-order valence-electron chi connectivity index (χ1n) is 8.28. The van der Waals surface area contributed by atoms with Crippen LogP contribution in [0.25, 0.3) is 0 Å². The summed E-state index contributed by atoms with van der Waals surface area (Å²) in [6, 6.07) is -0.933. The van der Waals surface area contributed by atoms with Crippen molar-refractivity contribution in [2.45, 2.75) is 46.1 Å². The number of anilines is 2. The predicted octanol–water partition coefficient (Wildman–Crippen LogP) is -0.280. The van der Waals surface area contributed by atoms with Crippen LogP contribution in [0, 0.1) is 0 Å². The Kier molecular flexibility index (Phi) is 7.70. The molecule has 25 heavy (non-hydrogen) atoms. The summed E-state index contributed by atoms with van der Waals surface area (Å²) < 4.78 is 1.33. The summed E-state index contributed by atoms with van der Waals surface area (Å²) in [6.07, 6.45) is 2.26. The molecule has 6 N–H and O–H groups in total. The van der Waals surface area contributed by atoms with Crippen LogP contribution in [0.2, 0.25) is 0 Å². The quantitative estimate of drug-likeness (QED) is 0.478. The summed E-state index contributed by atoms with van der Waals surface area (Å²) in [5, 5.41) is 1.97. The first kappa shape index (κ1) is 20.3. The lowest BCUT2D eigenvalue weighted by atomic mass is 10.2. The minimum Gasteiger partial charge on any atom is -0.383 e. The highest BCUT2D eigenvalue weighted by molar-refractivity contribution is 5.93. The van der Waals surface area contributed by atoms with E-state index >= 15 is 0 Å². The minimum absolute atomic E-state index is 0.0457. The number of hydrogen-bond acceptors (Lipinski definition) is 6. The number of amides is 3. The maximum atomic E-state index is 12.3. The van der Waals surface area contributed by atoms with Gasteiger partial charge in [-0.2, -0.15) is 0 Å². The van der Waals surface area contributed by atoms with E-state index < -0.39 is 23.2 Å². The number of rotatable bonds is 9. The van der Waals surface area contributed by atoms with Crippen molar-refractivity contribution in [3.63, 3.8) is 0 Å². The second-order valence-electron chi connectivity index (χ2n) is 5.65. The summed E-state index contributed by atoms with van der Waals surface area (Å²) in [4.78, 5) is 50.5. The van der Waals surface area contributed by atoms with Crippen LogP contribution in [-0.2, 0) is 11.3 Å². The zero-order chi connectivity index (χ0) is 19.0. The molecule has 0 aliphatic heterocycles. The van der Waals surface area contributed by atoms with E-state index in [0.717, 1.165) is 12.8 Å². The van der Waals surface area contributed by atoms with Gasteiger partial charge in [0, 0.05) is 26.1 Å². The van der Waals surface area contributed by atoms with E-state index in [1.165, 1.54) is 4.57 Å². The van der Waals surface area contributed by atoms with Crippen molar-refractivity contribution in [1.29, 1.82) is 0 Å². The zero-order valence-corrected chi connectivity index (χ0v) is 14.6. The number of unbranched alkanes of at least 4 members (excludes halogenated alkanes) is 1. The number of nitrogens with one attached hydrogen (secondary N) is 2. The molecule has 0 spiro atoms. The summed E-state index contributed by atoms with van der Waals surface area (Å²) in [5.74, 6) is -0.478. The van der Waals surface area contributed by atoms with Crippen LogP contribution in [0.3, 0.4) is 0 Å². The number of nitrogen functional groups attached to an aromatic ring is 1. The fraction of sp³-hybridized carbons (Fsp3) is 0.600. The largest absolute Gasteiger partial charge is 0.383 e. The molecule has 0 aliphatic rings. The number of carbonyl (C=O) groups is 2. The van der Waals surface area contributed by atoms with Crippen LogP contribution >= 0.6 is 0 Å². The molecule has 3 amide bonds. The average Bonchev–Trinajstić information content (AvgIpc) is 2.51. The van der Waals surface area contributed by atoms with E-state index in [1.807, 2.05) is 19.2 Å². The van der Waals surface area contributed by atoms with Gasteiger partial charge < -0.3 is 16.4 Å². The van der Waals surface area contributed by atoms with E-state index in [0.29, 0.717) is 19.5 Å². The van der Waals surface area contributed by atoms with E-state index in [2.05, 4.69) is 4.98 Å². The number of carbonyl (C=O) groups excluding carboxylic acids is 2. The molecule has 0 atom stereocenters. The van der Waals surface area contributed by atoms with Crippen LogP contribution in [0.1, 0.15) is 39.5 Å². The van der Waals surface area contributed by atoms with Crippen molar-refractivity contribution < 1.29 is 9.59 Å². The second kappa shape index (κ2) is 9.50. The molecular formula is C15H26N6O4. The Labute approximate surface area is 145 Å². The Bertz CT molecular complexity index is 724. The third kappa shape index (κ3) is 5.66. The highest BCUT2D eigenvalue weighted by atomic mass is 16.2. The van der Waals surface area contributed by atoms with Crippen LogP contribution in [-0.4, -0.2) is 34.6 Å². The summed E-state index contributed by atoms with van der Waals surface area (Å²) >= 11 is 0. The molecule has 0 fully saturated rings. The first-order valence-corrected chi connectivity index (χ1v) is 8.28. The molecule has 1 heterocycles. The van der Waals surface area contributed by atoms with Crippen molar-refractivity contribution >= 4 is 23.4 Å². The number of urea groups is 1. The number of aromatic amines is 1. The molecule has 10 heteroatoms. The highest BCUT2D eigenvalue weighted by Gasteiger charge is 2.19. The topological polar surface area (TPSA) is 156 Å². The van der Waals surface area contributed by atoms with Crippen molar-refractivity contribution in [2.24, 2.45) is 5.73 Å². The number of H-pyrrole nitrogens is 1. The second-order valence-corrected chi connectivity index (χ2v) is 5.65. The van der Waals surface area contributed by atoms with Crippen molar-refractivity contribution in [2.75, 3.05) is 23.7 Å². The smallest absolute Gasteiger partial charge is 0.330 e. The van der Waals surface area contributed by atoms with Crippen LogP contribution < -0.4 is 32.9 Å². The van der Waals surface area contributed by atoms with E-state index in [-0.39, 0.29) is 24.5 Å². The molecule has 0 radical (unpaired) electrons. The number of nitrogens with zero attached hydrogens (tertiary/aromatic N) is 2. The van der Waals surface area contributed by atoms with Gasteiger partial charge in [-0.1, -0.05) is 20.3 Å². The minimum atomic E-state index is -0.933. The molecule has 0 unspecified atom stereocenters. The van der Waals surface area contributed by atoms with Crippen molar-refractivity contribution in [1.82, 2.24) is 14.9 Å². The third-order valence-electron chi connectivity index (χ3n) is 3.63. The average molecular weight is 354 g/mol. The standard InChI is InChI=1S/C15H26N6O4/c1-3-5-8-21-12(16)11(13(23)19-15(21)25)20(7-4-2)9-6-10(22)18-14(17)24/h3-9,16H2,1-2H3,(H,19,23,25)(H3,17,18,22,24). The molecule has 1 aromatic rings. The van der Waals surface area contributed by atoms with Crippen LogP contribution in [0.4, 0.5) is 16.3 Å². The number of imide groups is 1. The van der Waals surface area contributed by atoms with Gasteiger partial charge in [-0.25, -0.2) is 9.59 Å². The van der Waals surface area contributed by atoms with Gasteiger partial charge >= 0.3 is 11.7 Å². The van der Waals surface area contributed by atoms with Crippen molar-refractivity contribution in [3.05, 3.63) is 20.8 Å². The molecule has 10 nitrogen and oxygen atoms in total. The molecule has 1 aromatic heterocycles. The van der Waals surface area contributed by atoms with Gasteiger partial charge in [0.2, 0.25) is 5.91 Å². The lowest BCUT2D eigenvalue weighted by Crippen LogP contribution is -2.41. The van der Waals surface area contributed by atoms with Crippen LogP contribution in [0.5, 0.6) is 0 Å². The SMILES string of the molecule is CCCCn1c(N)c(N(CCC)CCC(=O)NC(N)=O)c(=O)[nH]c1=O. The molecule has 0 bridgehead atoms. The van der Waals surface area contributed by atoms with E-state index in [1.54, 1.807) is 4.90 Å². The lowest BCUT2D eigenvalue weighted by Gasteiger charge is -2.25. The third-order valence-corrected chi connectivity index (χ3v) is 3.63. The number of hydrogen-bond donors (Lipinski definition) is 4. The Morgan fingerprint density at radius 1 is 1.20 bits per heavy atom. The fourth-order valence-electron chi connectivity index (χ4n) is 2.46.